The number of nitrogens with one attached hydrogen (secondary N) is 1. The van der Waals surface area contributed by atoms with E-state index < -0.39 is 0 Å². The molecular formula is C15H19ClFNO. The zero-order valence-corrected chi connectivity index (χ0v) is 11.7. The Bertz CT molecular complexity index is 459. The molecule has 0 aromatic heterocycles. The van der Waals surface area contributed by atoms with Gasteiger partial charge in [0, 0.05) is 12.6 Å². The molecule has 2 aliphatic rings. The summed E-state index contributed by atoms with van der Waals surface area (Å²) in [6.45, 7) is 0.802. The van der Waals surface area contributed by atoms with E-state index in [9.17, 15) is 4.39 Å². The summed E-state index contributed by atoms with van der Waals surface area (Å²) in [5.74, 6) is -0.296. The average Bonchev–Trinajstić information content (AvgIpc) is 2.81. The van der Waals surface area contributed by atoms with Gasteiger partial charge in [-0.2, -0.15) is 0 Å². The van der Waals surface area contributed by atoms with E-state index in [1.807, 2.05) is 0 Å². The number of hydrogen-bond donors (Lipinski definition) is 1. The second-order valence-corrected chi connectivity index (χ2v) is 6.10. The third-order valence-electron chi connectivity index (χ3n) is 4.30. The van der Waals surface area contributed by atoms with Crippen LogP contribution in [0.25, 0.3) is 0 Å². The van der Waals surface area contributed by atoms with Crippen LogP contribution in [0.3, 0.4) is 0 Å². The number of ether oxygens (including phenoxy) is 1. The number of benzene rings is 1. The minimum atomic E-state index is -0.296. The quantitative estimate of drug-likeness (QED) is 0.869. The fourth-order valence-corrected chi connectivity index (χ4v) is 3.57. The highest BCUT2D eigenvalue weighted by Crippen LogP contribution is 2.41. The summed E-state index contributed by atoms with van der Waals surface area (Å²) in [7, 11) is 0. The van der Waals surface area contributed by atoms with Gasteiger partial charge < -0.3 is 10.1 Å². The molecule has 2 fully saturated rings. The maximum Gasteiger partial charge on any atom is 0.124 e. The van der Waals surface area contributed by atoms with Crippen molar-refractivity contribution in [3.05, 3.63) is 29.0 Å². The molecule has 1 spiro atoms. The normalized spacial score (nSPS) is 25.7. The molecule has 19 heavy (non-hydrogen) atoms. The van der Waals surface area contributed by atoms with Crippen molar-refractivity contribution in [2.24, 2.45) is 0 Å². The largest absolute Gasteiger partial charge is 0.381 e. The summed E-state index contributed by atoms with van der Waals surface area (Å²) in [6, 6.07) is 4.89. The van der Waals surface area contributed by atoms with Crippen LogP contribution in [0.5, 0.6) is 0 Å². The van der Waals surface area contributed by atoms with Gasteiger partial charge in [-0.05, 0) is 43.9 Å². The Morgan fingerprint density at radius 3 is 2.84 bits per heavy atom. The highest BCUT2D eigenvalue weighted by atomic mass is 35.5. The van der Waals surface area contributed by atoms with Crippen LogP contribution in [0, 0.1) is 5.82 Å². The van der Waals surface area contributed by atoms with E-state index in [0.717, 1.165) is 25.1 Å². The summed E-state index contributed by atoms with van der Waals surface area (Å²) < 4.78 is 19.0. The summed E-state index contributed by atoms with van der Waals surface area (Å²) in [4.78, 5) is 0. The van der Waals surface area contributed by atoms with E-state index in [1.54, 1.807) is 6.07 Å². The van der Waals surface area contributed by atoms with Crippen molar-refractivity contribution < 1.29 is 9.13 Å². The maximum absolute atomic E-state index is 13.0. The minimum absolute atomic E-state index is 0.0857. The van der Waals surface area contributed by atoms with Gasteiger partial charge in [-0.25, -0.2) is 4.39 Å². The molecule has 1 heterocycles. The topological polar surface area (TPSA) is 21.3 Å². The van der Waals surface area contributed by atoms with Crippen LogP contribution in [-0.2, 0) is 4.74 Å². The Labute approximate surface area is 118 Å². The van der Waals surface area contributed by atoms with Crippen molar-refractivity contribution in [2.75, 3.05) is 11.9 Å². The molecule has 2 nitrogen and oxygen atoms in total. The minimum Gasteiger partial charge on any atom is -0.381 e. The molecule has 1 atom stereocenters. The summed E-state index contributed by atoms with van der Waals surface area (Å²) >= 11 is 6.07. The van der Waals surface area contributed by atoms with Crippen molar-refractivity contribution in [3.8, 4) is 0 Å². The monoisotopic (exact) mass is 283 g/mol. The van der Waals surface area contributed by atoms with E-state index in [1.165, 1.54) is 37.8 Å². The highest BCUT2D eigenvalue weighted by Gasteiger charge is 2.39. The Morgan fingerprint density at radius 1 is 1.32 bits per heavy atom. The Balaban J connectivity index is 1.69. The molecule has 4 heteroatoms. The Hall–Kier alpha value is -0.800. The molecule has 1 aromatic carbocycles. The standard InChI is InChI=1S/C15H19ClFNO/c16-13-9-11(17)3-4-14(13)18-12-5-8-19-15(10-12)6-1-2-7-15/h3-4,9,12,18H,1-2,5-8,10H2. The number of anilines is 1. The molecule has 3 rings (SSSR count). The van der Waals surface area contributed by atoms with E-state index in [0.29, 0.717) is 11.1 Å². The molecule has 104 valence electrons. The van der Waals surface area contributed by atoms with Gasteiger partial charge in [0.05, 0.1) is 16.3 Å². The van der Waals surface area contributed by atoms with Crippen LogP contribution in [0.4, 0.5) is 10.1 Å². The molecule has 1 N–H and O–H groups in total. The van der Waals surface area contributed by atoms with E-state index in [2.05, 4.69) is 5.32 Å². The van der Waals surface area contributed by atoms with Gasteiger partial charge in [-0.1, -0.05) is 24.4 Å². The molecule has 1 aliphatic heterocycles. The molecule has 0 amide bonds. The van der Waals surface area contributed by atoms with Gasteiger partial charge >= 0.3 is 0 Å². The van der Waals surface area contributed by atoms with Crippen molar-refractivity contribution in [1.29, 1.82) is 0 Å². The van der Waals surface area contributed by atoms with Crippen LogP contribution in [0.15, 0.2) is 18.2 Å². The Morgan fingerprint density at radius 2 is 2.11 bits per heavy atom. The predicted octanol–water partition coefficient (Wildman–Crippen LogP) is 4.38. The van der Waals surface area contributed by atoms with Crippen LogP contribution >= 0.6 is 11.6 Å². The van der Waals surface area contributed by atoms with Gasteiger partial charge in [0.15, 0.2) is 0 Å². The molecule has 0 radical (unpaired) electrons. The number of rotatable bonds is 2. The first-order chi connectivity index (χ1) is 9.17. The molecule has 1 saturated heterocycles. The number of hydrogen-bond acceptors (Lipinski definition) is 2. The lowest BCUT2D eigenvalue weighted by Crippen LogP contribution is -2.42. The van der Waals surface area contributed by atoms with E-state index in [-0.39, 0.29) is 11.4 Å². The second-order valence-electron chi connectivity index (χ2n) is 5.70. The SMILES string of the molecule is Fc1ccc(NC2CCOC3(CCCC3)C2)c(Cl)c1. The van der Waals surface area contributed by atoms with Crippen molar-refractivity contribution in [1.82, 2.24) is 0 Å². The number of halogens is 2. The smallest absolute Gasteiger partial charge is 0.124 e. The maximum atomic E-state index is 13.0. The first-order valence-electron chi connectivity index (χ1n) is 7.02. The van der Waals surface area contributed by atoms with Crippen molar-refractivity contribution >= 4 is 17.3 Å². The Kier molecular flexibility index (Phi) is 3.68. The summed E-state index contributed by atoms with van der Waals surface area (Å²) in [5, 5.41) is 3.90. The van der Waals surface area contributed by atoms with Crippen molar-refractivity contribution in [3.63, 3.8) is 0 Å². The summed E-state index contributed by atoms with van der Waals surface area (Å²) in [6.07, 6.45) is 6.88. The first kappa shape index (κ1) is 13.2. The van der Waals surface area contributed by atoms with Crippen LogP contribution in [-0.4, -0.2) is 18.2 Å². The molecule has 1 aromatic rings. The fourth-order valence-electron chi connectivity index (χ4n) is 3.35. The van der Waals surface area contributed by atoms with Crippen molar-refractivity contribution in [2.45, 2.75) is 50.2 Å². The molecule has 1 unspecified atom stereocenters. The highest BCUT2D eigenvalue weighted by molar-refractivity contribution is 6.33. The lowest BCUT2D eigenvalue weighted by atomic mass is 9.89. The van der Waals surface area contributed by atoms with E-state index in [4.69, 9.17) is 16.3 Å². The van der Waals surface area contributed by atoms with Gasteiger partial charge in [0.25, 0.3) is 0 Å². The van der Waals surface area contributed by atoms with Crippen LogP contribution in [0.2, 0.25) is 5.02 Å². The summed E-state index contributed by atoms with van der Waals surface area (Å²) in [5.41, 5.74) is 0.908. The second kappa shape index (κ2) is 5.29. The molecule has 0 bridgehead atoms. The van der Waals surface area contributed by atoms with E-state index >= 15 is 0 Å². The van der Waals surface area contributed by atoms with Crippen LogP contribution in [0.1, 0.15) is 38.5 Å². The van der Waals surface area contributed by atoms with Gasteiger partial charge in [-0.15, -0.1) is 0 Å². The first-order valence-corrected chi connectivity index (χ1v) is 7.40. The fraction of sp³-hybridized carbons (Fsp3) is 0.600. The van der Waals surface area contributed by atoms with Crippen LogP contribution < -0.4 is 5.32 Å². The van der Waals surface area contributed by atoms with Gasteiger partial charge in [-0.3, -0.25) is 0 Å². The zero-order valence-electron chi connectivity index (χ0n) is 10.9. The lowest BCUT2D eigenvalue weighted by molar-refractivity contribution is -0.0767. The van der Waals surface area contributed by atoms with Gasteiger partial charge in [0.1, 0.15) is 5.82 Å². The predicted molar refractivity (Wildman–Crippen MR) is 75.2 cm³/mol. The van der Waals surface area contributed by atoms with Gasteiger partial charge in [0.2, 0.25) is 0 Å². The molecule has 1 saturated carbocycles. The molecular weight excluding hydrogens is 265 g/mol. The third-order valence-corrected chi connectivity index (χ3v) is 4.61. The lowest BCUT2D eigenvalue weighted by Gasteiger charge is -2.39. The average molecular weight is 284 g/mol. The molecule has 1 aliphatic carbocycles. The third kappa shape index (κ3) is 2.87. The zero-order chi connectivity index (χ0) is 13.3.